The van der Waals surface area contributed by atoms with Crippen molar-refractivity contribution in [3.05, 3.63) is 115 Å². The average Bonchev–Trinajstić information content (AvgIpc) is 2.80. The minimum Gasteiger partial charge on any atom is -0.403 e. The number of carbonyl (C=O) groups excluding carboxylic acids is 1. The lowest BCUT2D eigenvalue weighted by atomic mass is 9.34. The average molecular weight is 391 g/mol. The molecule has 1 N–H and O–H groups in total. The Kier molecular flexibility index (Phi) is 4.36. The molecule has 2 heterocycles. The molecule has 0 saturated carbocycles. The molecule has 0 radical (unpaired) electrons. The molecule has 146 valence electrons. The van der Waals surface area contributed by atoms with Crippen molar-refractivity contribution in [2.45, 2.75) is 6.92 Å². The highest BCUT2D eigenvalue weighted by Crippen LogP contribution is 2.28. The second-order valence-corrected chi connectivity index (χ2v) is 7.68. The molecule has 0 saturated heterocycles. The van der Waals surface area contributed by atoms with Crippen LogP contribution in [0.25, 0.3) is 0 Å². The van der Waals surface area contributed by atoms with E-state index in [0.717, 1.165) is 28.0 Å². The number of carbonyl (C=O) groups is 1. The highest BCUT2D eigenvalue weighted by atomic mass is 16.2. The van der Waals surface area contributed by atoms with Crippen molar-refractivity contribution in [3.63, 3.8) is 0 Å². The van der Waals surface area contributed by atoms with E-state index in [9.17, 15) is 4.79 Å². The number of hydrogen-bond acceptors (Lipinski definition) is 1. The second kappa shape index (κ2) is 7.19. The van der Waals surface area contributed by atoms with Crippen LogP contribution in [0.3, 0.4) is 0 Å². The Morgan fingerprint density at radius 3 is 1.93 bits per heavy atom. The normalized spacial score (nSPS) is 14.7. The number of amides is 2. The zero-order valence-corrected chi connectivity index (χ0v) is 16.8. The number of anilines is 2. The molecule has 0 aliphatic carbocycles. The van der Waals surface area contributed by atoms with Crippen molar-refractivity contribution >= 4 is 34.9 Å². The molecule has 2 amide bonds. The van der Waals surface area contributed by atoms with Gasteiger partial charge >= 0.3 is 12.4 Å². The van der Waals surface area contributed by atoms with Crippen molar-refractivity contribution in [1.82, 2.24) is 0 Å². The quantitative estimate of drug-likeness (QED) is 0.534. The van der Waals surface area contributed by atoms with Gasteiger partial charge in [-0.05, 0) is 24.6 Å². The summed E-state index contributed by atoms with van der Waals surface area (Å²) in [7, 11) is 0. The van der Waals surface area contributed by atoms with Gasteiger partial charge in [0.2, 0.25) is 5.82 Å². The fourth-order valence-electron chi connectivity index (χ4n) is 4.75. The Morgan fingerprint density at radius 1 is 0.733 bits per heavy atom. The predicted octanol–water partition coefficient (Wildman–Crippen LogP) is 3.44. The maximum absolute atomic E-state index is 13.7. The third kappa shape index (κ3) is 2.63. The van der Waals surface area contributed by atoms with Gasteiger partial charge in [-0.15, -0.1) is 10.9 Å². The first kappa shape index (κ1) is 18.2. The number of benzene rings is 3. The van der Waals surface area contributed by atoms with Crippen LogP contribution in [0.1, 0.15) is 5.56 Å². The number of aryl methyl sites for hydroxylation is 1. The van der Waals surface area contributed by atoms with Crippen LogP contribution in [0.4, 0.5) is 16.3 Å². The molecule has 3 aromatic carbocycles. The third-order valence-corrected chi connectivity index (χ3v) is 6.02. The molecule has 5 heteroatoms. The van der Waals surface area contributed by atoms with Gasteiger partial charge in [-0.25, -0.2) is 4.79 Å². The Bertz CT molecular complexity index is 1170. The van der Waals surface area contributed by atoms with Crippen molar-refractivity contribution < 1.29 is 9.27 Å². The second-order valence-electron chi connectivity index (χ2n) is 7.68. The van der Waals surface area contributed by atoms with E-state index in [0.29, 0.717) is 0 Å². The summed E-state index contributed by atoms with van der Waals surface area (Å²) in [6.07, 6.45) is 0.229. The van der Waals surface area contributed by atoms with Gasteiger partial charge in [-0.3, -0.25) is 0 Å². The number of para-hydroxylation sites is 1. The standard InChI is InChI=1S/C25H22BN3O/c1-20-12-8-9-17-23(20)29-25(30)27-24-18-10-11-19-28(24)26(29,21-13-4-2-5-14-21)22-15-6-3-7-16-22/h2-19H,1H3,(H,27,30). The Morgan fingerprint density at radius 2 is 1.30 bits per heavy atom. The lowest BCUT2D eigenvalue weighted by molar-refractivity contribution is -0.527. The van der Waals surface area contributed by atoms with Crippen LogP contribution in [-0.2, 0) is 0 Å². The van der Waals surface area contributed by atoms with Crippen molar-refractivity contribution in [2.75, 3.05) is 10.1 Å². The van der Waals surface area contributed by atoms with Gasteiger partial charge in [0.15, 0.2) is 0 Å². The smallest absolute Gasteiger partial charge is 0.377 e. The van der Waals surface area contributed by atoms with Gasteiger partial charge in [0.25, 0.3) is 0 Å². The zero-order valence-electron chi connectivity index (χ0n) is 16.8. The van der Waals surface area contributed by atoms with Gasteiger partial charge in [0.1, 0.15) is 0 Å². The van der Waals surface area contributed by atoms with Crippen LogP contribution < -0.4 is 25.5 Å². The van der Waals surface area contributed by atoms with Crippen LogP contribution >= 0.6 is 0 Å². The van der Waals surface area contributed by atoms with E-state index in [1.807, 2.05) is 90.6 Å². The summed E-state index contributed by atoms with van der Waals surface area (Å²) in [6.45, 7) is 2.05. The van der Waals surface area contributed by atoms with E-state index < -0.39 is 6.42 Å². The topological polar surface area (TPSA) is 36.2 Å². The van der Waals surface area contributed by atoms with Crippen molar-refractivity contribution in [3.8, 4) is 0 Å². The molecule has 0 atom stereocenters. The van der Waals surface area contributed by atoms with Crippen molar-refractivity contribution in [2.24, 2.45) is 0 Å². The van der Waals surface area contributed by atoms with Crippen molar-refractivity contribution in [1.29, 1.82) is 0 Å². The first-order valence-electron chi connectivity index (χ1n) is 10.2. The molecule has 1 aliphatic rings. The number of hydrogen-bond donors (Lipinski definition) is 1. The fraction of sp³-hybridized carbons (Fsp3) is 0.0400. The summed E-state index contributed by atoms with van der Waals surface area (Å²) in [6, 6.07) is 34.4. The molecule has 0 spiro atoms. The van der Waals surface area contributed by atoms with E-state index in [1.54, 1.807) is 0 Å². The maximum atomic E-state index is 13.7. The predicted molar refractivity (Wildman–Crippen MR) is 123 cm³/mol. The number of nitrogens with zero attached hydrogens (tertiary/aromatic N) is 2. The molecule has 0 unspecified atom stereocenters. The van der Waals surface area contributed by atoms with Crippen LogP contribution in [0, 0.1) is 6.92 Å². The van der Waals surface area contributed by atoms with Crippen LogP contribution in [-0.4, -0.2) is 12.4 Å². The summed E-state index contributed by atoms with van der Waals surface area (Å²) in [5, 5.41) is 3.10. The molecular formula is C25H22BN3O. The minimum atomic E-state index is -1.83. The van der Waals surface area contributed by atoms with E-state index in [1.165, 1.54) is 0 Å². The SMILES string of the molecule is Cc1ccccc1N1C(=O)Nc2cccc[n+]2[B-]1(c1ccccc1)c1ccccc1. The Balaban J connectivity index is 1.95. The van der Waals surface area contributed by atoms with E-state index in [4.69, 9.17) is 0 Å². The molecule has 4 nitrogen and oxygen atoms in total. The Labute approximate surface area is 176 Å². The number of fused-ring (bicyclic) bond motifs is 1. The number of nitrogens with one attached hydrogen (secondary N) is 1. The first-order chi connectivity index (χ1) is 14.7. The highest BCUT2D eigenvalue weighted by molar-refractivity contribution is 7.01. The highest BCUT2D eigenvalue weighted by Gasteiger charge is 2.50. The molecule has 0 fully saturated rings. The lowest BCUT2D eigenvalue weighted by Gasteiger charge is -2.51. The van der Waals surface area contributed by atoms with E-state index in [2.05, 4.69) is 40.3 Å². The summed E-state index contributed by atoms with van der Waals surface area (Å²) in [5.74, 6) is 0.778. The van der Waals surface area contributed by atoms with E-state index in [-0.39, 0.29) is 6.03 Å². The zero-order chi connectivity index (χ0) is 20.6. The van der Waals surface area contributed by atoms with Crippen LogP contribution in [0.5, 0.6) is 0 Å². The molecular weight excluding hydrogens is 369 g/mol. The molecule has 30 heavy (non-hydrogen) atoms. The number of urea groups is 1. The summed E-state index contributed by atoms with van der Waals surface area (Å²) < 4.78 is 2.21. The van der Waals surface area contributed by atoms with Gasteiger partial charge in [-0.1, -0.05) is 84.9 Å². The number of pyridine rings is 1. The fourth-order valence-corrected chi connectivity index (χ4v) is 4.75. The van der Waals surface area contributed by atoms with E-state index >= 15 is 0 Å². The molecule has 5 rings (SSSR count). The van der Waals surface area contributed by atoms with Crippen LogP contribution in [0.15, 0.2) is 109 Å². The maximum Gasteiger partial charge on any atom is 0.377 e. The largest absolute Gasteiger partial charge is 0.403 e. The van der Waals surface area contributed by atoms with Gasteiger partial charge in [-0.2, -0.15) is 5.32 Å². The van der Waals surface area contributed by atoms with Gasteiger partial charge in [0.05, 0.1) is 0 Å². The summed E-state index contributed by atoms with van der Waals surface area (Å²) >= 11 is 0. The number of rotatable bonds is 3. The number of aromatic nitrogens is 1. The first-order valence-corrected chi connectivity index (χ1v) is 10.2. The van der Waals surface area contributed by atoms with Gasteiger partial charge in [0, 0.05) is 18.0 Å². The molecule has 4 aromatic rings. The molecule has 1 aromatic heterocycles. The third-order valence-electron chi connectivity index (χ3n) is 6.02. The summed E-state index contributed by atoms with van der Waals surface area (Å²) in [4.78, 5) is 15.6. The monoisotopic (exact) mass is 391 g/mol. The molecule has 0 bridgehead atoms. The van der Waals surface area contributed by atoms with Gasteiger partial charge < -0.3 is 9.29 Å². The lowest BCUT2D eigenvalue weighted by Crippen LogP contribution is -2.90. The van der Waals surface area contributed by atoms with Crippen LogP contribution in [0.2, 0.25) is 0 Å². The minimum absolute atomic E-state index is 0.136. The summed E-state index contributed by atoms with van der Waals surface area (Å²) in [5.41, 5.74) is 4.08. The Hall–Kier alpha value is -3.86. The molecule has 1 aliphatic heterocycles.